The summed E-state index contributed by atoms with van der Waals surface area (Å²) in [5.41, 5.74) is -0.0103. The first-order valence-corrected chi connectivity index (χ1v) is 10.8. The SMILES string of the molecule is CCOC(=O)c1cnn2c1N[C@H]([C@@H]1CCCN(C(=O)[C@@H]3CCCO3)C1)C[C@@H]2C(F)(F)F. The highest BCUT2D eigenvalue weighted by Crippen LogP contribution is 2.42. The standard InChI is InChI=1S/C20H27F3N4O4/c1-2-30-19(29)13-10-24-27-16(20(21,22)23)9-14(25-17(13)27)12-5-3-7-26(11-12)18(28)15-6-4-8-31-15/h10,12,14-16,25H,2-9,11H2,1H3/t12-,14+,15+,16-/m1/s1. The van der Waals surface area contributed by atoms with Crippen molar-refractivity contribution in [2.75, 3.05) is 31.6 Å². The number of nitrogens with one attached hydrogen (secondary N) is 1. The first kappa shape index (κ1) is 21.9. The van der Waals surface area contributed by atoms with E-state index in [9.17, 15) is 22.8 Å². The van der Waals surface area contributed by atoms with E-state index in [-0.39, 0.29) is 36.2 Å². The first-order valence-electron chi connectivity index (χ1n) is 10.8. The molecule has 0 saturated carbocycles. The van der Waals surface area contributed by atoms with E-state index in [2.05, 4.69) is 10.4 Å². The van der Waals surface area contributed by atoms with Crippen LogP contribution in [0.4, 0.5) is 19.0 Å². The molecule has 2 saturated heterocycles. The number of rotatable bonds is 4. The molecule has 4 rings (SSSR count). The van der Waals surface area contributed by atoms with Crippen molar-refractivity contribution in [1.82, 2.24) is 14.7 Å². The van der Waals surface area contributed by atoms with Crippen LogP contribution in [0.15, 0.2) is 6.20 Å². The first-order chi connectivity index (χ1) is 14.8. The zero-order valence-electron chi connectivity index (χ0n) is 17.4. The number of aromatic nitrogens is 2. The molecule has 0 bridgehead atoms. The molecule has 0 radical (unpaired) electrons. The number of nitrogens with zero attached hydrogens (tertiary/aromatic N) is 3. The molecule has 3 aliphatic heterocycles. The van der Waals surface area contributed by atoms with E-state index < -0.39 is 30.3 Å². The Morgan fingerprint density at radius 3 is 2.81 bits per heavy atom. The summed E-state index contributed by atoms with van der Waals surface area (Å²) in [5.74, 6) is -0.943. The van der Waals surface area contributed by atoms with Crippen LogP contribution >= 0.6 is 0 Å². The van der Waals surface area contributed by atoms with Gasteiger partial charge in [-0.1, -0.05) is 0 Å². The van der Waals surface area contributed by atoms with Crippen LogP contribution in [-0.4, -0.2) is 71.2 Å². The molecule has 2 fully saturated rings. The number of fused-ring (bicyclic) bond motifs is 1. The molecule has 4 heterocycles. The molecule has 1 N–H and O–H groups in total. The second-order valence-corrected chi connectivity index (χ2v) is 8.30. The third kappa shape index (κ3) is 4.37. The van der Waals surface area contributed by atoms with E-state index in [4.69, 9.17) is 9.47 Å². The molecule has 31 heavy (non-hydrogen) atoms. The molecule has 172 valence electrons. The van der Waals surface area contributed by atoms with Gasteiger partial charge in [-0.2, -0.15) is 18.3 Å². The van der Waals surface area contributed by atoms with Gasteiger partial charge in [-0.05, 0) is 44.9 Å². The maximum Gasteiger partial charge on any atom is 0.410 e. The van der Waals surface area contributed by atoms with Crippen molar-refractivity contribution in [3.63, 3.8) is 0 Å². The Morgan fingerprint density at radius 1 is 1.32 bits per heavy atom. The van der Waals surface area contributed by atoms with Crippen LogP contribution in [0.2, 0.25) is 0 Å². The van der Waals surface area contributed by atoms with Crippen LogP contribution in [0.3, 0.4) is 0 Å². The number of alkyl halides is 3. The number of hydrogen-bond acceptors (Lipinski definition) is 6. The Hall–Kier alpha value is -2.30. The fraction of sp³-hybridized carbons (Fsp3) is 0.750. The lowest BCUT2D eigenvalue weighted by atomic mass is 9.85. The normalized spacial score (nSPS) is 28.7. The van der Waals surface area contributed by atoms with Crippen molar-refractivity contribution in [1.29, 1.82) is 0 Å². The molecule has 1 aromatic rings. The highest BCUT2D eigenvalue weighted by molar-refractivity contribution is 5.94. The summed E-state index contributed by atoms with van der Waals surface area (Å²) in [6, 6.07) is -2.40. The summed E-state index contributed by atoms with van der Waals surface area (Å²) in [7, 11) is 0. The van der Waals surface area contributed by atoms with E-state index in [0.29, 0.717) is 39.0 Å². The third-order valence-corrected chi connectivity index (χ3v) is 6.31. The van der Waals surface area contributed by atoms with E-state index in [0.717, 1.165) is 17.3 Å². The molecule has 3 aliphatic rings. The van der Waals surface area contributed by atoms with Gasteiger partial charge in [0.05, 0.1) is 12.8 Å². The Balaban J connectivity index is 1.56. The summed E-state index contributed by atoms with van der Waals surface area (Å²) in [6.07, 6.45) is -1.14. The molecule has 1 aromatic heterocycles. The number of likely N-dealkylation sites (tertiary alicyclic amines) is 1. The molecule has 11 heteroatoms. The number of piperidine rings is 1. The molecule has 0 spiro atoms. The maximum absolute atomic E-state index is 13.8. The fourth-order valence-corrected chi connectivity index (χ4v) is 4.77. The van der Waals surface area contributed by atoms with Crippen molar-refractivity contribution in [2.24, 2.45) is 5.92 Å². The number of halogens is 3. The van der Waals surface area contributed by atoms with Gasteiger partial charge in [0.2, 0.25) is 0 Å². The fourth-order valence-electron chi connectivity index (χ4n) is 4.77. The number of anilines is 1. The zero-order valence-corrected chi connectivity index (χ0v) is 17.4. The molecular formula is C20H27F3N4O4. The van der Waals surface area contributed by atoms with E-state index in [1.165, 1.54) is 0 Å². The van der Waals surface area contributed by atoms with E-state index in [1.54, 1.807) is 11.8 Å². The van der Waals surface area contributed by atoms with Crippen molar-refractivity contribution >= 4 is 17.7 Å². The van der Waals surface area contributed by atoms with Gasteiger partial charge in [-0.15, -0.1) is 0 Å². The summed E-state index contributed by atoms with van der Waals surface area (Å²) in [6.45, 7) is 3.25. The lowest BCUT2D eigenvalue weighted by Gasteiger charge is -2.42. The van der Waals surface area contributed by atoms with Crippen molar-refractivity contribution < 1.29 is 32.2 Å². The lowest BCUT2D eigenvalue weighted by Crippen LogP contribution is -2.51. The summed E-state index contributed by atoms with van der Waals surface area (Å²) < 4.78 is 52.8. The largest absolute Gasteiger partial charge is 0.462 e. The van der Waals surface area contributed by atoms with Crippen molar-refractivity contribution in [2.45, 2.75) is 63.4 Å². The topological polar surface area (TPSA) is 85.7 Å². The number of esters is 1. The quantitative estimate of drug-likeness (QED) is 0.719. The number of hydrogen-bond donors (Lipinski definition) is 1. The van der Waals surface area contributed by atoms with Crippen molar-refractivity contribution in [3.8, 4) is 0 Å². The third-order valence-electron chi connectivity index (χ3n) is 6.31. The van der Waals surface area contributed by atoms with Crippen LogP contribution in [0, 0.1) is 5.92 Å². The van der Waals surface area contributed by atoms with Crippen molar-refractivity contribution in [3.05, 3.63) is 11.8 Å². The predicted molar refractivity (Wildman–Crippen MR) is 104 cm³/mol. The molecular weight excluding hydrogens is 417 g/mol. The molecule has 1 amide bonds. The second kappa shape index (κ2) is 8.68. The number of ether oxygens (including phenoxy) is 2. The monoisotopic (exact) mass is 444 g/mol. The van der Waals surface area contributed by atoms with Gasteiger partial charge in [-0.3, -0.25) is 4.79 Å². The molecule has 0 unspecified atom stereocenters. The minimum absolute atomic E-state index is 0.0103. The smallest absolute Gasteiger partial charge is 0.410 e. The van der Waals surface area contributed by atoms with Crippen LogP contribution in [0.25, 0.3) is 0 Å². The molecule has 4 atom stereocenters. The molecule has 8 nitrogen and oxygen atoms in total. The zero-order chi connectivity index (χ0) is 22.2. The Bertz CT molecular complexity index is 822. The average Bonchev–Trinajstić information content (AvgIpc) is 3.42. The average molecular weight is 444 g/mol. The van der Waals surface area contributed by atoms with Gasteiger partial charge in [0.15, 0.2) is 6.04 Å². The minimum atomic E-state index is -4.52. The summed E-state index contributed by atoms with van der Waals surface area (Å²) in [4.78, 5) is 26.7. The molecule has 0 aromatic carbocycles. The maximum atomic E-state index is 13.8. The second-order valence-electron chi connectivity index (χ2n) is 8.30. The van der Waals surface area contributed by atoms with Crippen LogP contribution in [0.5, 0.6) is 0 Å². The predicted octanol–water partition coefficient (Wildman–Crippen LogP) is 2.77. The highest BCUT2D eigenvalue weighted by Gasteiger charge is 2.49. The summed E-state index contributed by atoms with van der Waals surface area (Å²) >= 11 is 0. The highest BCUT2D eigenvalue weighted by atomic mass is 19.4. The number of amides is 1. The van der Waals surface area contributed by atoms with Gasteiger partial charge in [0.1, 0.15) is 17.5 Å². The van der Waals surface area contributed by atoms with Gasteiger partial charge in [0, 0.05) is 25.7 Å². The van der Waals surface area contributed by atoms with E-state index >= 15 is 0 Å². The van der Waals surface area contributed by atoms with Gasteiger partial charge in [-0.25, -0.2) is 9.48 Å². The number of carbonyl (C=O) groups is 2. The van der Waals surface area contributed by atoms with Crippen LogP contribution in [0.1, 0.15) is 55.4 Å². The Labute approximate surface area is 178 Å². The number of carbonyl (C=O) groups excluding carboxylic acids is 2. The molecule has 0 aliphatic carbocycles. The summed E-state index contributed by atoms with van der Waals surface area (Å²) in [5, 5.41) is 6.95. The Kier molecular flexibility index (Phi) is 6.14. The van der Waals surface area contributed by atoms with E-state index in [1.807, 2.05) is 0 Å². The van der Waals surface area contributed by atoms with Gasteiger partial charge < -0.3 is 19.7 Å². The lowest BCUT2D eigenvalue weighted by molar-refractivity contribution is -0.175. The van der Waals surface area contributed by atoms with Gasteiger partial charge in [0.25, 0.3) is 5.91 Å². The van der Waals surface area contributed by atoms with Crippen LogP contribution < -0.4 is 5.32 Å². The van der Waals surface area contributed by atoms with Crippen LogP contribution in [-0.2, 0) is 14.3 Å². The van der Waals surface area contributed by atoms with Gasteiger partial charge >= 0.3 is 12.1 Å². The minimum Gasteiger partial charge on any atom is -0.462 e. The Morgan fingerprint density at radius 2 is 2.13 bits per heavy atom.